The van der Waals surface area contributed by atoms with E-state index < -0.39 is 0 Å². The standard InChI is InChI=1S/C19H23N/c1-11-6-8-17(20-11)10-16-7-9-18-14(4)12(2)13(3)15(5)19(16)18/h6-9,16,20H,10H2,1-5H3. The minimum absolute atomic E-state index is 0.515. The van der Waals surface area contributed by atoms with E-state index in [1.54, 1.807) is 0 Å². The van der Waals surface area contributed by atoms with Gasteiger partial charge in [-0.15, -0.1) is 0 Å². The Bertz CT molecular complexity index is 701. The largest absolute Gasteiger partial charge is 0.362 e. The van der Waals surface area contributed by atoms with Gasteiger partial charge in [0.15, 0.2) is 0 Å². The SMILES string of the molecule is Cc1ccc(CC2C=Cc3c(C)c(C)c(C)c(C)c32)[nH]1. The van der Waals surface area contributed by atoms with Crippen LogP contribution in [0, 0.1) is 34.6 Å². The molecule has 0 radical (unpaired) electrons. The second kappa shape index (κ2) is 4.66. The summed E-state index contributed by atoms with van der Waals surface area (Å²) in [4.78, 5) is 3.46. The summed E-state index contributed by atoms with van der Waals surface area (Å²) in [6.07, 6.45) is 5.77. The van der Waals surface area contributed by atoms with Crippen LogP contribution in [0.15, 0.2) is 18.2 Å². The van der Waals surface area contributed by atoms with Gasteiger partial charge in [0.25, 0.3) is 0 Å². The second-order valence-electron chi connectivity index (χ2n) is 6.16. The van der Waals surface area contributed by atoms with Crippen LogP contribution in [0.5, 0.6) is 0 Å². The highest BCUT2D eigenvalue weighted by atomic mass is 14.7. The van der Waals surface area contributed by atoms with Crippen LogP contribution in [-0.4, -0.2) is 4.98 Å². The third-order valence-electron chi connectivity index (χ3n) is 4.98. The van der Waals surface area contributed by atoms with E-state index in [4.69, 9.17) is 0 Å². The van der Waals surface area contributed by atoms with E-state index in [0.29, 0.717) is 5.92 Å². The molecule has 1 aromatic heterocycles. The highest BCUT2D eigenvalue weighted by Crippen LogP contribution is 2.39. The number of rotatable bonds is 2. The molecule has 3 rings (SSSR count). The van der Waals surface area contributed by atoms with Crippen LogP contribution in [-0.2, 0) is 6.42 Å². The van der Waals surface area contributed by atoms with Gasteiger partial charge >= 0.3 is 0 Å². The van der Waals surface area contributed by atoms with Crippen molar-refractivity contribution < 1.29 is 0 Å². The van der Waals surface area contributed by atoms with Gasteiger partial charge in [0.05, 0.1) is 0 Å². The molecule has 0 amide bonds. The molecule has 104 valence electrons. The van der Waals surface area contributed by atoms with Crippen molar-refractivity contribution in [2.24, 2.45) is 0 Å². The van der Waals surface area contributed by atoms with Gasteiger partial charge < -0.3 is 4.98 Å². The zero-order valence-corrected chi connectivity index (χ0v) is 13.1. The first-order valence-corrected chi connectivity index (χ1v) is 7.42. The molecule has 1 aliphatic carbocycles. The van der Waals surface area contributed by atoms with Crippen LogP contribution < -0.4 is 0 Å². The molecule has 1 aromatic carbocycles. The molecule has 1 heterocycles. The number of aromatic amines is 1. The molecular formula is C19H23N. The molecule has 1 heteroatoms. The number of nitrogens with one attached hydrogen (secondary N) is 1. The molecule has 0 saturated carbocycles. The quantitative estimate of drug-likeness (QED) is 0.794. The van der Waals surface area contributed by atoms with Crippen LogP contribution in [0.4, 0.5) is 0 Å². The van der Waals surface area contributed by atoms with Gasteiger partial charge in [-0.2, -0.15) is 0 Å². The fourth-order valence-electron chi connectivity index (χ4n) is 3.46. The predicted octanol–water partition coefficient (Wildman–Crippen LogP) is 4.91. The number of benzene rings is 1. The Hall–Kier alpha value is -1.76. The van der Waals surface area contributed by atoms with E-state index in [9.17, 15) is 0 Å². The lowest BCUT2D eigenvalue weighted by Crippen LogP contribution is -2.05. The van der Waals surface area contributed by atoms with Crippen molar-refractivity contribution in [3.8, 4) is 0 Å². The highest BCUT2D eigenvalue weighted by molar-refractivity contribution is 5.70. The van der Waals surface area contributed by atoms with Gasteiger partial charge in [0.2, 0.25) is 0 Å². The van der Waals surface area contributed by atoms with Crippen molar-refractivity contribution in [3.05, 3.63) is 63.0 Å². The molecule has 1 aliphatic rings. The molecule has 0 saturated heterocycles. The first-order chi connectivity index (χ1) is 9.49. The number of hydrogen-bond donors (Lipinski definition) is 1. The zero-order chi connectivity index (χ0) is 14.4. The summed E-state index contributed by atoms with van der Waals surface area (Å²) in [6, 6.07) is 4.37. The van der Waals surface area contributed by atoms with Crippen LogP contribution in [0.3, 0.4) is 0 Å². The Kier molecular flexibility index (Phi) is 3.08. The monoisotopic (exact) mass is 265 g/mol. The Labute approximate surface area is 121 Å². The Morgan fingerprint density at radius 3 is 2.25 bits per heavy atom. The first kappa shape index (κ1) is 13.2. The lowest BCUT2D eigenvalue weighted by Gasteiger charge is -2.19. The predicted molar refractivity (Wildman–Crippen MR) is 86.4 cm³/mol. The summed E-state index contributed by atoms with van der Waals surface area (Å²) in [7, 11) is 0. The average molecular weight is 265 g/mol. The van der Waals surface area contributed by atoms with Crippen molar-refractivity contribution in [2.75, 3.05) is 0 Å². The molecule has 0 aliphatic heterocycles. The van der Waals surface area contributed by atoms with Crippen molar-refractivity contribution in [2.45, 2.75) is 47.0 Å². The van der Waals surface area contributed by atoms with Crippen molar-refractivity contribution in [1.29, 1.82) is 0 Å². The second-order valence-corrected chi connectivity index (χ2v) is 6.16. The van der Waals surface area contributed by atoms with Gasteiger partial charge in [-0.3, -0.25) is 0 Å². The van der Waals surface area contributed by atoms with Crippen molar-refractivity contribution in [3.63, 3.8) is 0 Å². The molecule has 1 nitrogen and oxygen atoms in total. The summed E-state index contributed by atoms with van der Waals surface area (Å²) >= 11 is 0. The maximum Gasteiger partial charge on any atom is 0.0158 e. The first-order valence-electron chi connectivity index (χ1n) is 7.42. The number of aryl methyl sites for hydroxylation is 1. The molecule has 0 fully saturated rings. The lowest BCUT2D eigenvalue weighted by molar-refractivity contribution is 0.815. The van der Waals surface area contributed by atoms with Crippen LogP contribution in [0.1, 0.15) is 50.7 Å². The molecule has 2 aromatic rings. The number of aromatic nitrogens is 1. The fraction of sp³-hybridized carbons (Fsp3) is 0.368. The molecule has 0 spiro atoms. The molecule has 1 N–H and O–H groups in total. The van der Waals surface area contributed by atoms with E-state index in [1.165, 1.54) is 44.8 Å². The van der Waals surface area contributed by atoms with Crippen LogP contribution in [0.2, 0.25) is 0 Å². The van der Waals surface area contributed by atoms with Gasteiger partial charge in [-0.1, -0.05) is 12.2 Å². The van der Waals surface area contributed by atoms with Crippen LogP contribution >= 0.6 is 0 Å². The maximum atomic E-state index is 3.46. The number of hydrogen-bond acceptors (Lipinski definition) is 0. The maximum absolute atomic E-state index is 3.46. The van der Waals surface area contributed by atoms with Crippen molar-refractivity contribution in [1.82, 2.24) is 4.98 Å². The highest BCUT2D eigenvalue weighted by Gasteiger charge is 2.24. The van der Waals surface area contributed by atoms with E-state index >= 15 is 0 Å². The molecular weight excluding hydrogens is 242 g/mol. The Morgan fingerprint density at radius 2 is 1.60 bits per heavy atom. The van der Waals surface area contributed by atoms with E-state index in [1.807, 2.05) is 0 Å². The summed E-state index contributed by atoms with van der Waals surface area (Å²) in [5.41, 5.74) is 11.4. The number of fused-ring (bicyclic) bond motifs is 1. The molecule has 0 bridgehead atoms. The topological polar surface area (TPSA) is 15.8 Å². The average Bonchev–Trinajstić information content (AvgIpc) is 3.01. The number of H-pyrrole nitrogens is 1. The third kappa shape index (κ3) is 1.93. The Balaban J connectivity index is 2.04. The van der Waals surface area contributed by atoms with E-state index in [0.717, 1.165) is 6.42 Å². The molecule has 1 unspecified atom stereocenters. The summed E-state index contributed by atoms with van der Waals surface area (Å²) < 4.78 is 0. The summed E-state index contributed by atoms with van der Waals surface area (Å²) in [5, 5.41) is 0. The minimum Gasteiger partial charge on any atom is -0.362 e. The van der Waals surface area contributed by atoms with Gasteiger partial charge in [-0.25, -0.2) is 0 Å². The summed E-state index contributed by atoms with van der Waals surface area (Å²) in [6.45, 7) is 11.1. The van der Waals surface area contributed by atoms with E-state index in [2.05, 4.69) is 63.9 Å². The lowest BCUT2D eigenvalue weighted by atomic mass is 9.85. The molecule has 1 atom stereocenters. The number of allylic oxidation sites excluding steroid dienone is 1. The third-order valence-corrected chi connectivity index (χ3v) is 4.98. The summed E-state index contributed by atoms with van der Waals surface area (Å²) in [5.74, 6) is 0.515. The Morgan fingerprint density at radius 1 is 0.900 bits per heavy atom. The van der Waals surface area contributed by atoms with Crippen molar-refractivity contribution >= 4 is 6.08 Å². The van der Waals surface area contributed by atoms with E-state index in [-0.39, 0.29) is 0 Å². The molecule has 20 heavy (non-hydrogen) atoms. The minimum atomic E-state index is 0.515. The normalized spacial score (nSPS) is 16.8. The van der Waals surface area contributed by atoms with Gasteiger partial charge in [0.1, 0.15) is 0 Å². The fourth-order valence-corrected chi connectivity index (χ4v) is 3.46. The van der Waals surface area contributed by atoms with Gasteiger partial charge in [-0.05, 0) is 86.6 Å². The smallest absolute Gasteiger partial charge is 0.0158 e. The van der Waals surface area contributed by atoms with Crippen LogP contribution in [0.25, 0.3) is 6.08 Å². The zero-order valence-electron chi connectivity index (χ0n) is 13.1. The van der Waals surface area contributed by atoms with Gasteiger partial charge in [0, 0.05) is 17.3 Å².